The van der Waals surface area contributed by atoms with Crippen molar-refractivity contribution in [2.75, 3.05) is 32.9 Å². The number of hydrogen-bond acceptors (Lipinski definition) is 7. The van der Waals surface area contributed by atoms with E-state index in [-0.39, 0.29) is 19.1 Å². The second-order valence-corrected chi connectivity index (χ2v) is 12.7. The summed E-state index contributed by atoms with van der Waals surface area (Å²) in [5, 5.41) is 6.57. The van der Waals surface area contributed by atoms with Crippen LogP contribution in [0.1, 0.15) is 117 Å². The zero-order chi connectivity index (χ0) is 27.9. The van der Waals surface area contributed by atoms with E-state index >= 15 is 0 Å². The fourth-order valence-electron chi connectivity index (χ4n) is 4.32. The largest absolute Gasteiger partial charge is 0.485 e. The van der Waals surface area contributed by atoms with Crippen molar-refractivity contribution in [3.05, 3.63) is 10.8 Å². The summed E-state index contributed by atoms with van der Waals surface area (Å²) in [6.45, 7) is 9.93. The summed E-state index contributed by atoms with van der Waals surface area (Å²) < 4.78 is 48.1. The minimum Gasteiger partial charge on any atom is -0.485 e. The first-order valence-electron chi connectivity index (χ1n) is 15.0. The average Bonchev–Trinajstić information content (AvgIpc) is 3.36. The molecule has 2 heterocycles. The van der Waals surface area contributed by atoms with Crippen LogP contribution in [0.3, 0.4) is 0 Å². The van der Waals surface area contributed by atoms with Crippen LogP contribution in [0.25, 0.3) is 0 Å². The molecule has 0 saturated carbocycles. The van der Waals surface area contributed by atoms with Gasteiger partial charge in [0.05, 0.1) is 11.9 Å². The molecule has 9 heteroatoms. The van der Waals surface area contributed by atoms with Crippen molar-refractivity contribution in [2.45, 2.75) is 128 Å². The lowest BCUT2D eigenvalue weighted by Crippen LogP contribution is -2.33. The first-order valence-corrected chi connectivity index (χ1v) is 17.5. The second kappa shape index (κ2) is 22.9. The van der Waals surface area contributed by atoms with Gasteiger partial charge in [-0.25, -0.2) is 0 Å². The Morgan fingerprint density at radius 1 is 0.895 bits per heavy atom. The lowest BCUT2D eigenvalue weighted by Gasteiger charge is -2.24. The topological polar surface area (TPSA) is 94.1 Å². The highest BCUT2D eigenvalue weighted by molar-refractivity contribution is 7.86. The first-order chi connectivity index (χ1) is 18.4. The van der Waals surface area contributed by atoms with Gasteiger partial charge < -0.3 is 19.5 Å². The number of rotatable bonds is 22. The molecule has 0 fully saturated rings. The van der Waals surface area contributed by atoms with Crippen LogP contribution in [0, 0.1) is 0 Å². The highest BCUT2D eigenvalue weighted by Crippen LogP contribution is 2.35. The van der Waals surface area contributed by atoms with Gasteiger partial charge >= 0.3 is 0 Å². The van der Waals surface area contributed by atoms with Crippen molar-refractivity contribution in [2.24, 2.45) is 0 Å². The predicted octanol–water partition coefficient (Wildman–Crippen LogP) is 7.65. The summed E-state index contributed by atoms with van der Waals surface area (Å²) >= 11 is 1.51. The third kappa shape index (κ3) is 17.7. The molecule has 224 valence electrons. The van der Waals surface area contributed by atoms with E-state index in [0.29, 0.717) is 26.1 Å². The van der Waals surface area contributed by atoms with Crippen LogP contribution in [-0.4, -0.2) is 57.2 Å². The smallest absolute Gasteiger partial charge is 0.267 e. The Labute approximate surface area is 237 Å². The van der Waals surface area contributed by atoms with Gasteiger partial charge in [-0.05, 0) is 38.8 Å². The highest BCUT2D eigenvalue weighted by atomic mass is 32.2. The third-order valence-electron chi connectivity index (χ3n) is 6.65. The lowest BCUT2D eigenvalue weighted by molar-refractivity contribution is 0.00851. The van der Waals surface area contributed by atoms with E-state index in [1.165, 1.54) is 101 Å². The first kappa shape index (κ1) is 35.2. The summed E-state index contributed by atoms with van der Waals surface area (Å²) in [5.41, 5.74) is 0. The Hall–Kier alpha value is -0.870. The van der Waals surface area contributed by atoms with Gasteiger partial charge in [0.1, 0.15) is 6.61 Å². The molecule has 0 radical (unpaired) electrons. The van der Waals surface area contributed by atoms with E-state index in [4.69, 9.17) is 18.8 Å². The molecule has 1 aliphatic rings. The highest BCUT2D eigenvalue weighted by Gasteiger charge is 2.24. The molecule has 0 aliphatic carbocycles. The molecule has 2 atom stereocenters. The van der Waals surface area contributed by atoms with Crippen LogP contribution in [0.2, 0.25) is 0 Å². The van der Waals surface area contributed by atoms with E-state index in [1.807, 2.05) is 17.7 Å². The standard InChI is InChI=1S/C16H35N.C13H20O6S2/c1-3-5-7-9-11-13-15-17-16-14-12-10-8-6-4-2;1-2-3-11(21(14,15)16)4-5-17-6-10-7-18-12-8-20-9-13(12)19-10/h17H,3-16H2,1-2H3;8-11H,2-7H2,1H3,(H,14,15,16). The molecule has 1 aromatic rings. The van der Waals surface area contributed by atoms with E-state index in [0.717, 1.165) is 11.5 Å². The normalized spacial score (nSPS) is 15.6. The molecular formula is C29H55NO6S2. The van der Waals surface area contributed by atoms with Gasteiger partial charge in [0.25, 0.3) is 10.1 Å². The van der Waals surface area contributed by atoms with Gasteiger partial charge in [0.15, 0.2) is 17.6 Å². The van der Waals surface area contributed by atoms with E-state index < -0.39 is 15.4 Å². The Kier molecular flexibility index (Phi) is 21.2. The van der Waals surface area contributed by atoms with Gasteiger partial charge in [-0.2, -0.15) is 8.42 Å². The number of unbranched alkanes of at least 4 members (excludes halogenated alkanes) is 10. The summed E-state index contributed by atoms with van der Waals surface area (Å²) in [6.07, 6.45) is 18.1. The quantitative estimate of drug-likeness (QED) is 0.108. The molecule has 2 N–H and O–H groups in total. The molecule has 7 nitrogen and oxygen atoms in total. The van der Waals surface area contributed by atoms with Crippen LogP contribution >= 0.6 is 11.3 Å². The van der Waals surface area contributed by atoms with Crippen molar-refractivity contribution >= 4 is 21.5 Å². The Balaban J connectivity index is 0.000000391. The van der Waals surface area contributed by atoms with Crippen molar-refractivity contribution in [1.29, 1.82) is 0 Å². The van der Waals surface area contributed by atoms with Crippen molar-refractivity contribution in [3.8, 4) is 11.5 Å². The van der Waals surface area contributed by atoms with Gasteiger partial charge in [-0.1, -0.05) is 91.4 Å². The number of thiophene rings is 1. The molecule has 38 heavy (non-hydrogen) atoms. The van der Waals surface area contributed by atoms with Crippen LogP contribution in [0.15, 0.2) is 10.8 Å². The fraction of sp³-hybridized carbons (Fsp3) is 0.862. The molecule has 0 bridgehead atoms. The molecule has 1 aliphatic heterocycles. The van der Waals surface area contributed by atoms with Gasteiger partial charge in [-0.15, -0.1) is 11.3 Å². The summed E-state index contributed by atoms with van der Waals surface area (Å²) in [4.78, 5) is 0. The van der Waals surface area contributed by atoms with Crippen LogP contribution in [0.4, 0.5) is 0 Å². The predicted molar refractivity (Wildman–Crippen MR) is 160 cm³/mol. The second-order valence-electron chi connectivity index (χ2n) is 10.2. The molecular weight excluding hydrogens is 522 g/mol. The Bertz CT molecular complexity index is 757. The molecule has 0 saturated heterocycles. The molecule has 0 spiro atoms. The molecule has 2 rings (SSSR count). The lowest BCUT2D eigenvalue weighted by atomic mass is 10.1. The van der Waals surface area contributed by atoms with Crippen LogP contribution < -0.4 is 14.8 Å². The Morgan fingerprint density at radius 2 is 1.47 bits per heavy atom. The van der Waals surface area contributed by atoms with Gasteiger partial charge in [0.2, 0.25) is 0 Å². The fourth-order valence-corrected chi connectivity index (χ4v) is 5.92. The molecule has 1 aromatic heterocycles. The van der Waals surface area contributed by atoms with Gasteiger partial charge in [0, 0.05) is 17.4 Å². The zero-order valence-corrected chi connectivity index (χ0v) is 25.9. The maximum atomic E-state index is 11.2. The third-order valence-corrected chi connectivity index (χ3v) is 8.66. The number of nitrogens with one attached hydrogen (secondary N) is 1. The zero-order valence-electron chi connectivity index (χ0n) is 24.3. The van der Waals surface area contributed by atoms with E-state index in [2.05, 4.69) is 19.2 Å². The number of fused-ring (bicyclic) bond motifs is 1. The van der Waals surface area contributed by atoms with Crippen LogP contribution in [0.5, 0.6) is 11.5 Å². The summed E-state index contributed by atoms with van der Waals surface area (Å²) in [7, 11) is -4.00. The van der Waals surface area contributed by atoms with Gasteiger partial charge in [-0.3, -0.25) is 4.55 Å². The maximum absolute atomic E-state index is 11.2. The Morgan fingerprint density at radius 3 is 2.05 bits per heavy atom. The minimum atomic E-state index is -4.00. The average molecular weight is 578 g/mol. The SMILES string of the molecule is CCCC(CCOCC1COc2cscc2O1)S(=O)(=O)O.CCCCCCCCNCCCCCCCC. The van der Waals surface area contributed by atoms with Crippen molar-refractivity contribution in [1.82, 2.24) is 5.32 Å². The molecule has 0 amide bonds. The maximum Gasteiger partial charge on any atom is 0.267 e. The van der Waals surface area contributed by atoms with Crippen LogP contribution in [-0.2, 0) is 14.9 Å². The number of ether oxygens (including phenoxy) is 3. The molecule has 2 unspecified atom stereocenters. The monoisotopic (exact) mass is 577 g/mol. The van der Waals surface area contributed by atoms with Crippen molar-refractivity contribution < 1.29 is 27.2 Å². The van der Waals surface area contributed by atoms with Crippen molar-refractivity contribution in [3.63, 3.8) is 0 Å². The van der Waals surface area contributed by atoms with E-state index in [9.17, 15) is 8.42 Å². The summed E-state index contributed by atoms with van der Waals surface area (Å²) in [6, 6.07) is 0. The minimum absolute atomic E-state index is 0.192. The van der Waals surface area contributed by atoms with E-state index in [1.54, 1.807) is 0 Å². The number of hydrogen-bond donors (Lipinski definition) is 2. The summed E-state index contributed by atoms with van der Waals surface area (Å²) in [5.74, 6) is 1.48. The molecule has 0 aromatic carbocycles.